The van der Waals surface area contributed by atoms with Gasteiger partial charge in [0, 0.05) is 5.02 Å². The van der Waals surface area contributed by atoms with E-state index in [0.29, 0.717) is 29.3 Å². The number of hydrogen-bond donors (Lipinski definition) is 0. The average molecular weight is 302 g/mol. The molecule has 21 heavy (non-hydrogen) atoms. The summed E-state index contributed by atoms with van der Waals surface area (Å²) in [6.45, 7) is 0.301. The number of para-hydroxylation sites is 1. The predicted molar refractivity (Wildman–Crippen MR) is 79.4 cm³/mol. The number of fused-ring (bicyclic) bond motifs is 1. The van der Waals surface area contributed by atoms with Crippen molar-refractivity contribution in [3.63, 3.8) is 0 Å². The van der Waals surface area contributed by atoms with Crippen molar-refractivity contribution < 1.29 is 14.4 Å². The summed E-state index contributed by atoms with van der Waals surface area (Å²) in [4.78, 5) is 29.2. The minimum Gasteiger partial charge on any atom is -0.283 e. The third kappa shape index (κ3) is 2.68. The molecule has 0 N–H and O–H groups in total. The molecule has 0 fully saturated rings. The van der Waals surface area contributed by atoms with Crippen molar-refractivity contribution in [3.05, 3.63) is 64.7 Å². The highest BCUT2D eigenvalue weighted by Gasteiger charge is 2.36. The van der Waals surface area contributed by atoms with Gasteiger partial charge in [0.1, 0.15) is 0 Å². The van der Waals surface area contributed by atoms with E-state index in [4.69, 9.17) is 16.4 Å². The lowest BCUT2D eigenvalue weighted by molar-refractivity contribution is -0.121. The molecule has 1 amide bonds. The standard InChI is InChI=1S/C16H12ClNO3/c17-12-7-5-11(6-8-12)9-10-21-18-14-4-2-1-3-13(14)15(19)16(18)20/h1-8H,9-10H2. The van der Waals surface area contributed by atoms with Gasteiger partial charge in [0.25, 0.3) is 5.78 Å². The molecule has 0 atom stereocenters. The highest BCUT2D eigenvalue weighted by atomic mass is 35.5. The molecule has 0 saturated heterocycles. The molecule has 0 aliphatic carbocycles. The minimum atomic E-state index is -0.646. The number of carbonyl (C=O) groups is 2. The van der Waals surface area contributed by atoms with Crippen molar-refractivity contribution in [1.29, 1.82) is 0 Å². The van der Waals surface area contributed by atoms with E-state index in [1.165, 1.54) is 0 Å². The number of ketones is 1. The molecule has 1 heterocycles. The van der Waals surface area contributed by atoms with Gasteiger partial charge in [0.15, 0.2) is 0 Å². The van der Waals surface area contributed by atoms with Gasteiger partial charge in [-0.3, -0.25) is 14.4 Å². The average Bonchev–Trinajstić information content (AvgIpc) is 2.75. The molecule has 2 aromatic rings. The largest absolute Gasteiger partial charge is 0.323 e. The fourth-order valence-electron chi connectivity index (χ4n) is 2.19. The Balaban J connectivity index is 1.67. The Labute approximate surface area is 126 Å². The SMILES string of the molecule is O=C1C(=O)N(OCCc2ccc(Cl)cc2)c2ccccc21. The van der Waals surface area contributed by atoms with Crippen molar-refractivity contribution in [2.24, 2.45) is 0 Å². The quantitative estimate of drug-likeness (QED) is 0.816. The van der Waals surface area contributed by atoms with Gasteiger partial charge >= 0.3 is 5.91 Å². The normalized spacial score (nSPS) is 13.7. The van der Waals surface area contributed by atoms with Crippen LogP contribution in [-0.4, -0.2) is 18.3 Å². The van der Waals surface area contributed by atoms with Gasteiger partial charge in [-0.25, -0.2) is 0 Å². The molecule has 1 aliphatic rings. The van der Waals surface area contributed by atoms with Crippen LogP contribution in [0.25, 0.3) is 0 Å². The molecule has 1 aliphatic heterocycles. The number of hydroxylamine groups is 1. The molecule has 0 radical (unpaired) electrons. The highest BCUT2D eigenvalue weighted by Crippen LogP contribution is 2.28. The van der Waals surface area contributed by atoms with Crippen LogP contribution in [-0.2, 0) is 16.1 Å². The van der Waals surface area contributed by atoms with Gasteiger partial charge in [-0.15, -0.1) is 0 Å². The number of benzene rings is 2. The zero-order valence-electron chi connectivity index (χ0n) is 11.1. The number of rotatable bonds is 4. The zero-order chi connectivity index (χ0) is 14.8. The first-order valence-corrected chi connectivity index (χ1v) is 6.90. The van der Waals surface area contributed by atoms with Crippen LogP contribution in [0.15, 0.2) is 48.5 Å². The van der Waals surface area contributed by atoms with E-state index in [2.05, 4.69) is 0 Å². The fourth-order valence-corrected chi connectivity index (χ4v) is 2.32. The van der Waals surface area contributed by atoms with Crippen LogP contribution in [0.2, 0.25) is 5.02 Å². The lowest BCUT2D eigenvalue weighted by atomic mass is 10.1. The van der Waals surface area contributed by atoms with E-state index in [-0.39, 0.29) is 0 Å². The number of anilines is 1. The van der Waals surface area contributed by atoms with E-state index >= 15 is 0 Å². The maximum Gasteiger partial charge on any atom is 0.323 e. The van der Waals surface area contributed by atoms with E-state index in [1.807, 2.05) is 12.1 Å². The number of halogens is 1. The molecular formula is C16H12ClNO3. The van der Waals surface area contributed by atoms with Crippen LogP contribution in [0.5, 0.6) is 0 Å². The topological polar surface area (TPSA) is 46.6 Å². The van der Waals surface area contributed by atoms with Gasteiger partial charge in [-0.1, -0.05) is 35.9 Å². The van der Waals surface area contributed by atoms with Crippen LogP contribution >= 0.6 is 11.6 Å². The van der Waals surface area contributed by atoms with Gasteiger partial charge < -0.3 is 0 Å². The Kier molecular flexibility index (Phi) is 3.73. The van der Waals surface area contributed by atoms with Gasteiger partial charge in [0.2, 0.25) is 0 Å². The molecule has 0 saturated carbocycles. The summed E-state index contributed by atoms with van der Waals surface area (Å²) in [5.41, 5.74) is 1.93. The van der Waals surface area contributed by atoms with Crippen molar-refractivity contribution >= 4 is 29.0 Å². The highest BCUT2D eigenvalue weighted by molar-refractivity contribution is 6.51. The van der Waals surface area contributed by atoms with E-state index < -0.39 is 11.7 Å². The second-order valence-corrected chi connectivity index (χ2v) is 5.09. The van der Waals surface area contributed by atoms with Gasteiger partial charge in [-0.2, -0.15) is 5.06 Å². The molecule has 106 valence electrons. The third-order valence-corrected chi connectivity index (χ3v) is 3.52. The van der Waals surface area contributed by atoms with Crippen LogP contribution < -0.4 is 5.06 Å². The summed E-state index contributed by atoms with van der Waals surface area (Å²) >= 11 is 5.82. The molecule has 2 aromatic carbocycles. The van der Waals surface area contributed by atoms with Crippen molar-refractivity contribution in [3.8, 4) is 0 Å². The van der Waals surface area contributed by atoms with Crippen LogP contribution in [0, 0.1) is 0 Å². The molecule has 5 heteroatoms. The molecule has 0 spiro atoms. The fraction of sp³-hybridized carbons (Fsp3) is 0.125. The maximum absolute atomic E-state index is 11.9. The predicted octanol–water partition coefficient (Wildman–Crippen LogP) is 3.04. The van der Waals surface area contributed by atoms with Gasteiger partial charge in [-0.05, 0) is 36.2 Å². The van der Waals surface area contributed by atoms with Crippen LogP contribution in [0.3, 0.4) is 0 Å². The van der Waals surface area contributed by atoms with Crippen LogP contribution in [0.4, 0.5) is 5.69 Å². The van der Waals surface area contributed by atoms with E-state index in [9.17, 15) is 9.59 Å². The first-order valence-electron chi connectivity index (χ1n) is 6.52. The number of nitrogens with zero attached hydrogens (tertiary/aromatic N) is 1. The second-order valence-electron chi connectivity index (χ2n) is 4.66. The number of hydrogen-bond acceptors (Lipinski definition) is 3. The third-order valence-electron chi connectivity index (χ3n) is 3.27. The van der Waals surface area contributed by atoms with E-state index in [1.54, 1.807) is 36.4 Å². The van der Waals surface area contributed by atoms with Crippen molar-refractivity contribution in [1.82, 2.24) is 0 Å². The molecule has 4 nitrogen and oxygen atoms in total. The lowest BCUT2D eigenvalue weighted by Gasteiger charge is -2.15. The summed E-state index contributed by atoms with van der Waals surface area (Å²) in [5.74, 6) is -1.18. The number of amides is 1. The molecule has 3 rings (SSSR count). The monoisotopic (exact) mass is 301 g/mol. The summed E-state index contributed by atoms with van der Waals surface area (Å²) in [6.07, 6.45) is 0.622. The summed E-state index contributed by atoms with van der Waals surface area (Å²) in [5, 5.41) is 1.75. The Bertz CT molecular complexity index is 697. The first-order chi connectivity index (χ1) is 10.2. The smallest absolute Gasteiger partial charge is 0.283 e. The Morgan fingerprint density at radius 1 is 1.00 bits per heavy atom. The van der Waals surface area contributed by atoms with Gasteiger partial charge in [0.05, 0.1) is 17.9 Å². The molecule has 0 aromatic heterocycles. The molecule has 0 unspecified atom stereocenters. The van der Waals surface area contributed by atoms with Crippen LogP contribution in [0.1, 0.15) is 15.9 Å². The van der Waals surface area contributed by atoms with Crippen molar-refractivity contribution in [2.45, 2.75) is 6.42 Å². The van der Waals surface area contributed by atoms with E-state index in [0.717, 1.165) is 10.6 Å². The molecule has 0 bridgehead atoms. The zero-order valence-corrected chi connectivity index (χ0v) is 11.8. The summed E-state index contributed by atoms with van der Waals surface area (Å²) in [7, 11) is 0. The minimum absolute atomic E-state index is 0.301. The number of carbonyl (C=O) groups excluding carboxylic acids is 2. The Morgan fingerprint density at radius 3 is 2.48 bits per heavy atom. The Morgan fingerprint density at radius 2 is 1.71 bits per heavy atom. The summed E-state index contributed by atoms with van der Waals surface area (Å²) in [6, 6.07) is 14.2. The molecular weight excluding hydrogens is 290 g/mol. The van der Waals surface area contributed by atoms with Crippen molar-refractivity contribution in [2.75, 3.05) is 11.7 Å². The summed E-state index contributed by atoms with van der Waals surface area (Å²) < 4.78 is 0. The first kappa shape index (κ1) is 13.8. The lowest BCUT2D eigenvalue weighted by Crippen LogP contribution is -2.30. The number of Topliss-reactive ketones (excluding diaryl/α,β-unsaturated/α-hetero) is 1. The Hall–Kier alpha value is -2.17. The maximum atomic E-state index is 11.9. The second kappa shape index (κ2) is 5.68.